The number of fused-ring (bicyclic) bond motifs is 1. The van der Waals surface area contributed by atoms with Gasteiger partial charge in [0.1, 0.15) is 11.9 Å². The van der Waals surface area contributed by atoms with Crippen LogP contribution in [0.15, 0.2) is 35.9 Å². The van der Waals surface area contributed by atoms with Crippen LogP contribution >= 0.6 is 0 Å². The second kappa shape index (κ2) is 9.97. The molecule has 0 unspecified atom stereocenters. The van der Waals surface area contributed by atoms with E-state index in [4.69, 9.17) is 9.84 Å². The number of carbonyl (C=O) groups excluding carboxylic acids is 1. The molecule has 0 amide bonds. The van der Waals surface area contributed by atoms with Gasteiger partial charge >= 0.3 is 5.97 Å². The van der Waals surface area contributed by atoms with E-state index in [0.717, 1.165) is 30.0 Å². The topological polar surface area (TPSA) is 66.8 Å². The summed E-state index contributed by atoms with van der Waals surface area (Å²) in [4.78, 5) is 12.1. The number of aryl methyl sites for hydroxylation is 1. The van der Waals surface area contributed by atoms with Crippen molar-refractivity contribution in [3.63, 3.8) is 0 Å². The normalized spacial score (nSPS) is 31.7. The molecule has 1 aromatic rings. The molecule has 0 aromatic heterocycles. The predicted octanol–water partition coefficient (Wildman–Crippen LogP) is 4.94. The van der Waals surface area contributed by atoms with Gasteiger partial charge in [-0.25, -0.2) is 4.79 Å². The molecule has 0 radical (unpaired) electrons. The molecule has 1 aromatic carbocycles. The highest BCUT2D eigenvalue weighted by Gasteiger charge is 2.50. The van der Waals surface area contributed by atoms with E-state index >= 15 is 0 Å². The van der Waals surface area contributed by atoms with E-state index in [1.54, 1.807) is 0 Å². The van der Waals surface area contributed by atoms with Gasteiger partial charge in [0, 0.05) is 22.8 Å². The van der Waals surface area contributed by atoms with E-state index in [-0.39, 0.29) is 35.3 Å². The molecular formula is C31H42O4. The average Bonchev–Trinajstić information content (AvgIpc) is 3.26. The van der Waals surface area contributed by atoms with Crippen LogP contribution in [0.5, 0.6) is 5.75 Å². The Bertz CT molecular complexity index is 1130. The number of aromatic hydroxyl groups is 1. The van der Waals surface area contributed by atoms with E-state index in [9.17, 15) is 9.90 Å². The molecule has 4 atom stereocenters. The van der Waals surface area contributed by atoms with Crippen LogP contribution in [0.25, 0.3) is 12.7 Å². The minimum absolute atomic E-state index is 0.0689. The highest BCUT2D eigenvalue weighted by Crippen LogP contribution is 2.59. The van der Waals surface area contributed by atoms with Gasteiger partial charge < -0.3 is 14.9 Å². The van der Waals surface area contributed by atoms with Gasteiger partial charge in [0.05, 0.1) is 0 Å². The molecule has 1 heterocycles. The number of phenols is 1. The quantitative estimate of drug-likeness (QED) is 0.430. The number of ether oxygens (including phenoxy) is 1. The van der Waals surface area contributed by atoms with Crippen LogP contribution < -0.4 is 10.4 Å². The van der Waals surface area contributed by atoms with Gasteiger partial charge in [0.25, 0.3) is 0 Å². The van der Waals surface area contributed by atoms with E-state index in [0.29, 0.717) is 35.5 Å². The summed E-state index contributed by atoms with van der Waals surface area (Å²) in [5.74, 6) is 1.24. The summed E-state index contributed by atoms with van der Waals surface area (Å²) in [6, 6.07) is 3.98. The Labute approximate surface area is 210 Å². The summed E-state index contributed by atoms with van der Waals surface area (Å²) >= 11 is 0. The number of aliphatic hydroxyl groups is 1. The molecule has 2 saturated carbocycles. The summed E-state index contributed by atoms with van der Waals surface area (Å²) in [7, 11) is 0. The summed E-state index contributed by atoms with van der Waals surface area (Å²) in [5.41, 5.74) is 2.97. The zero-order valence-electron chi connectivity index (χ0n) is 21.7. The lowest BCUT2D eigenvalue weighted by Crippen LogP contribution is -2.34. The maximum atomic E-state index is 12.1. The van der Waals surface area contributed by atoms with Crippen molar-refractivity contribution >= 4 is 18.6 Å². The highest BCUT2D eigenvalue weighted by molar-refractivity contribution is 5.91. The highest BCUT2D eigenvalue weighted by atomic mass is 16.6. The average molecular weight is 479 g/mol. The fourth-order valence-corrected chi connectivity index (χ4v) is 6.92. The summed E-state index contributed by atoms with van der Waals surface area (Å²) in [5, 5.41) is 21.3. The minimum atomic E-state index is -0.284. The molecule has 4 rings (SSSR count). The lowest BCUT2D eigenvalue weighted by molar-refractivity contribution is -0.140. The molecule has 0 bridgehead atoms. The third-order valence-electron chi connectivity index (χ3n) is 9.50. The van der Waals surface area contributed by atoms with Crippen molar-refractivity contribution in [2.24, 2.45) is 22.7 Å². The van der Waals surface area contributed by atoms with Gasteiger partial charge in [-0.3, -0.25) is 0 Å². The molecule has 3 aliphatic rings. The first-order valence-electron chi connectivity index (χ1n) is 13.3. The number of carbonyl (C=O) groups is 1. The molecule has 190 valence electrons. The summed E-state index contributed by atoms with van der Waals surface area (Å²) < 4.78 is 5.68. The minimum Gasteiger partial charge on any atom is -0.507 e. The Hall–Kier alpha value is -2.33. The number of allylic oxidation sites excluding steroid dienone is 2. The van der Waals surface area contributed by atoms with Crippen LogP contribution in [0.4, 0.5) is 0 Å². The van der Waals surface area contributed by atoms with Crippen LogP contribution in [-0.2, 0) is 16.0 Å². The standard InChI is InChI=1S/C31H42O4/c1-20-22(11-13-24(28(20)33)9-7-19-32)10-12-23-8-6-18-31(5)25(14-16-26(23)31)15-17-27-30(3,4)21(2)29(34)35-27/h10-13,25-27,32-33H,1-2,6-9,14-19H2,3-5H3/b22-10-,23-12+/t25-,26+,27-,31-/m1/s1. The van der Waals surface area contributed by atoms with Gasteiger partial charge in [-0.05, 0) is 85.8 Å². The van der Waals surface area contributed by atoms with E-state index < -0.39 is 0 Å². The zero-order valence-corrected chi connectivity index (χ0v) is 21.7. The van der Waals surface area contributed by atoms with Crippen LogP contribution in [0, 0.1) is 22.7 Å². The zero-order chi connectivity index (χ0) is 25.4. The Morgan fingerprint density at radius 2 is 1.91 bits per heavy atom. The number of aliphatic hydroxyl groups excluding tert-OH is 1. The summed E-state index contributed by atoms with van der Waals surface area (Å²) in [6.07, 6.45) is 13.6. The van der Waals surface area contributed by atoms with Crippen molar-refractivity contribution in [3.05, 3.63) is 51.9 Å². The van der Waals surface area contributed by atoms with Gasteiger partial charge in [-0.1, -0.05) is 63.8 Å². The molecule has 1 aliphatic heterocycles. The molecular weight excluding hydrogens is 436 g/mol. The molecule has 1 saturated heterocycles. The van der Waals surface area contributed by atoms with Crippen LogP contribution in [0.2, 0.25) is 0 Å². The molecule has 35 heavy (non-hydrogen) atoms. The third-order valence-corrected chi connectivity index (χ3v) is 9.50. The smallest absolute Gasteiger partial charge is 0.334 e. The number of rotatable bonds is 7. The number of phenolic OH excluding ortho intramolecular Hbond substituents is 1. The van der Waals surface area contributed by atoms with Crippen molar-refractivity contribution < 1.29 is 19.7 Å². The van der Waals surface area contributed by atoms with Crippen molar-refractivity contribution in [2.45, 2.75) is 84.7 Å². The predicted molar refractivity (Wildman–Crippen MR) is 141 cm³/mol. The first kappa shape index (κ1) is 25.8. The largest absolute Gasteiger partial charge is 0.507 e. The number of benzene rings is 1. The maximum absolute atomic E-state index is 12.1. The Morgan fingerprint density at radius 3 is 2.60 bits per heavy atom. The van der Waals surface area contributed by atoms with Crippen molar-refractivity contribution in [2.75, 3.05) is 6.61 Å². The first-order chi connectivity index (χ1) is 16.6. The Morgan fingerprint density at radius 1 is 1.14 bits per heavy atom. The van der Waals surface area contributed by atoms with Crippen LogP contribution in [0.3, 0.4) is 0 Å². The first-order valence-corrected chi connectivity index (χ1v) is 13.3. The second-order valence-corrected chi connectivity index (χ2v) is 11.7. The van der Waals surface area contributed by atoms with E-state index in [1.165, 1.54) is 31.3 Å². The van der Waals surface area contributed by atoms with Gasteiger partial charge in [-0.15, -0.1) is 0 Å². The van der Waals surface area contributed by atoms with Crippen LogP contribution in [0.1, 0.15) is 77.7 Å². The maximum Gasteiger partial charge on any atom is 0.334 e. The fraction of sp³-hybridized carbons (Fsp3) is 0.581. The number of esters is 1. The molecule has 2 N–H and O–H groups in total. The third kappa shape index (κ3) is 4.74. The van der Waals surface area contributed by atoms with Crippen molar-refractivity contribution in [3.8, 4) is 5.75 Å². The fourth-order valence-electron chi connectivity index (χ4n) is 6.92. The van der Waals surface area contributed by atoms with E-state index in [2.05, 4.69) is 46.1 Å². The Balaban J connectivity index is 1.49. The van der Waals surface area contributed by atoms with Gasteiger partial charge in [0.2, 0.25) is 0 Å². The van der Waals surface area contributed by atoms with Gasteiger partial charge in [0.15, 0.2) is 0 Å². The van der Waals surface area contributed by atoms with E-state index in [1.807, 2.05) is 12.1 Å². The van der Waals surface area contributed by atoms with Gasteiger partial charge in [-0.2, -0.15) is 0 Å². The second-order valence-electron chi connectivity index (χ2n) is 11.7. The van der Waals surface area contributed by atoms with Crippen LogP contribution in [-0.4, -0.2) is 28.9 Å². The molecule has 3 fully saturated rings. The number of hydrogen-bond acceptors (Lipinski definition) is 4. The molecule has 0 spiro atoms. The van der Waals surface area contributed by atoms with Crippen molar-refractivity contribution in [1.82, 2.24) is 0 Å². The summed E-state index contributed by atoms with van der Waals surface area (Å²) in [6.45, 7) is 14.8. The monoisotopic (exact) mass is 478 g/mol. The number of cyclic esters (lactones) is 1. The lowest BCUT2D eigenvalue weighted by Gasteiger charge is -2.43. The number of hydrogen-bond donors (Lipinski definition) is 2. The van der Waals surface area contributed by atoms with Crippen molar-refractivity contribution in [1.29, 1.82) is 0 Å². The Kier molecular flexibility index (Phi) is 7.33. The molecule has 4 heteroatoms. The molecule has 4 nitrogen and oxygen atoms in total. The lowest BCUT2D eigenvalue weighted by atomic mass is 9.62. The molecule has 2 aliphatic carbocycles. The SMILES string of the molecule is C=C1C(=O)O[C@H](CC[C@H]2CC[C@H]3/C(=C/C=c4/ccc(CCCO)c(O)c4=C)CCC[C@]23C)C1(C)C.